The number of nitrogens with zero attached hydrogens (tertiary/aromatic N) is 4. The van der Waals surface area contributed by atoms with E-state index in [1.54, 1.807) is 17.0 Å². The lowest BCUT2D eigenvalue weighted by atomic mass is 10.2. The van der Waals surface area contributed by atoms with E-state index in [1.165, 1.54) is 27.8 Å². The second-order valence-corrected chi connectivity index (χ2v) is 12.8. The van der Waals surface area contributed by atoms with Crippen LogP contribution >= 0.6 is 39.7 Å². The topological polar surface area (TPSA) is 83.1 Å². The average molecular weight is 618 g/mol. The monoisotopic (exact) mass is 616 g/mol. The van der Waals surface area contributed by atoms with Gasteiger partial charge in [0.1, 0.15) is 0 Å². The number of hydrogen-bond acceptors (Lipinski definition) is 7. The summed E-state index contributed by atoms with van der Waals surface area (Å²) in [6, 6.07) is 12.0. The standard InChI is InChI=1S/C24H29BrN4O4S2.ClH/c1-16-14-28(15-17(2)33-16)35(31,32)20-8-5-18(6-9-20)23(30)29(12-11-27(3)4)24-26-21-10-7-19(25)13-22(21)34-24;/h5-10,13,16-17H,11-12,14-15H2,1-4H3;1H. The van der Waals surface area contributed by atoms with Crippen LogP contribution in [0.15, 0.2) is 51.8 Å². The lowest BCUT2D eigenvalue weighted by molar-refractivity contribution is -0.0440. The Kier molecular flexibility index (Phi) is 9.53. The van der Waals surface area contributed by atoms with Crippen LogP contribution in [0.3, 0.4) is 0 Å². The highest BCUT2D eigenvalue weighted by Gasteiger charge is 2.32. The van der Waals surface area contributed by atoms with Crippen LogP contribution < -0.4 is 4.90 Å². The number of halogens is 2. The fraction of sp³-hybridized carbons (Fsp3) is 0.417. The molecule has 0 spiro atoms. The van der Waals surface area contributed by atoms with Crippen LogP contribution in [0, 0.1) is 0 Å². The van der Waals surface area contributed by atoms with Crippen molar-refractivity contribution in [3.8, 4) is 0 Å². The summed E-state index contributed by atoms with van der Waals surface area (Å²) in [6.45, 7) is 5.45. The van der Waals surface area contributed by atoms with Gasteiger partial charge in [0, 0.05) is 36.2 Å². The first-order valence-corrected chi connectivity index (χ1v) is 14.4. The molecule has 2 heterocycles. The normalized spacial score (nSPS) is 18.8. The number of carbonyl (C=O) groups excluding carboxylic acids is 1. The van der Waals surface area contributed by atoms with Crippen molar-refractivity contribution in [2.24, 2.45) is 0 Å². The highest BCUT2D eigenvalue weighted by atomic mass is 79.9. The number of sulfonamides is 1. The highest BCUT2D eigenvalue weighted by molar-refractivity contribution is 9.10. The molecule has 2 unspecified atom stereocenters. The maximum atomic E-state index is 13.5. The maximum Gasteiger partial charge on any atom is 0.260 e. The summed E-state index contributed by atoms with van der Waals surface area (Å²) in [5, 5.41) is 0.609. The van der Waals surface area contributed by atoms with Gasteiger partial charge < -0.3 is 9.64 Å². The Morgan fingerprint density at radius 1 is 1.11 bits per heavy atom. The van der Waals surface area contributed by atoms with Gasteiger partial charge in [-0.3, -0.25) is 9.69 Å². The molecule has 8 nitrogen and oxygen atoms in total. The number of ether oxygens (including phenoxy) is 1. The van der Waals surface area contributed by atoms with E-state index in [-0.39, 0.29) is 35.4 Å². The van der Waals surface area contributed by atoms with Gasteiger partial charge >= 0.3 is 0 Å². The third kappa shape index (κ3) is 6.45. The van der Waals surface area contributed by atoms with E-state index in [1.807, 2.05) is 51.0 Å². The van der Waals surface area contributed by atoms with Gasteiger partial charge in [-0.05, 0) is 70.4 Å². The van der Waals surface area contributed by atoms with Crippen LogP contribution in [-0.2, 0) is 14.8 Å². The largest absolute Gasteiger partial charge is 0.373 e. The molecule has 0 N–H and O–H groups in total. The van der Waals surface area contributed by atoms with Crippen molar-refractivity contribution in [1.82, 2.24) is 14.2 Å². The Balaban J connectivity index is 0.00000361. The van der Waals surface area contributed by atoms with Crippen LogP contribution in [0.25, 0.3) is 10.2 Å². The van der Waals surface area contributed by atoms with E-state index in [2.05, 4.69) is 20.9 Å². The van der Waals surface area contributed by atoms with E-state index >= 15 is 0 Å². The van der Waals surface area contributed by atoms with Crippen molar-refractivity contribution in [2.75, 3.05) is 45.2 Å². The number of amides is 1. The number of benzene rings is 2. The lowest BCUT2D eigenvalue weighted by Crippen LogP contribution is -2.48. The van der Waals surface area contributed by atoms with E-state index in [0.29, 0.717) is 36.9 Å². The van der Waals surface area contributed by atoms with Crippen LogP contribution in [0.5, 0.6) is 0 Å². The van der Waals surface area contributed by atoms with Gasteiger partial charge in [0.15, 0.2) is 5.13 Å². The molecule has 3 aromatic rings. The fourth-order valence-corrected chi connectivity index (χ4v) is 7.12. The van der Waals surface area contributed by atoms with Gasteiger partial charge in [-0.25, -0.2) is 13.4 Å². The van der Waals surface area contributed by atoms with Gasteiger partial charge in [-0.1, -0.05) is 27.3 Å². The van der Waals surface area contributed by atoms with Crippen LogP contribution in [0.4, 0.5) is 5.13 Å². The first-order valence-electron chi connectivity index (χ1n) is 11.3. The molecule has 2 atom stereocenters. The zero-order valence-electron chi connectivity index (χ0n) is 20.5. The summed E-state index contributed by atoms with van der Waals surface area (Å²) in [5.74, 6) is -0.220. The second-order valence-electron chi connectivity index (χ2n) is 8.97. The molecule has 1 amide bonds. The van der Waals surface area contributed by atoms with Gasteiger partial charge in [0.2, 0.25) is 10.0 Å². The molecule has 1 fully saturated rings. The third-order valence-electron chi connectivity index (χ3n) is 5.71. The summed E-state index contributed by atoms with van der Waals surface area (Å²) in [7, 11) is 0.220. The quantitative estimate of drug-likeness (QED) is 0.389. The molecular weight excluding hydrogens is 588 g/mol. The molecule has 0 radical (unpaired) electrons. The van der Waals surface area contributed by atoms with E-state index < -0.39 is 10.0 Å². The van der Waals surface area contributed by atoms with E-state index in [0.717, 1.165) is 14.7 Å². The average Bonchev–Trinajstić information content (AvgIpc) is 3.21. The Morgan fingerprint density at radius 3 is 2.36 bits per heavy atom. The molecule has 2 aromatic carbocycles. The number of carbonyl (C=O) groups is 1. The molecule has 1 aliphatic rings. The molecule has 1 saturated heterocycles. The molecular formula is C24H30BrClN4O4S2. The number of thiazole rings is 1. The minimum Gasteiger partial charge on any atom is -0.373 e. The van der Waals surface area contributed by atoms with E-state index in [4.69, 9.17) is 4.74 Å². The molecule has 0 saturated carbocycles. The summed E-state index contributed by atoms with van der Waals surface area (Å²) in [4.78, 5) is 22.1. The number of hydrogen-bond donors (Lipinski definition) is 0. The van der Waals surface area contributed by atoms with Crippen molar-refractivity contribution in [2.45, 2.75) is 31.0 Å². The minimum absolute atomic E-state index is 0. The summed E-state index contributed by atoms with van der Waals surface area (Å²) < 4.78 is 35.4. The minimum atomic E-state index is -3.68. The van der Waals surface area contributed by atoms with Crippen LogP contribution in [-0.4, -0.2) is 81.0 Å². The predicted molar refractivity (Wildman–Crippen MR) is 150 cm³/mol. The van der Waals surface area contributed by atoms with Crippen LogP contribution in [0.1, 0.15) is 24.2 Å². The SMILES string of the molecule is CC1CN(S(=O)(=O)c2ccc(C(=O)N(CCN(C)C)c3nc4ccc(Br)cc4s3)cc2)CC(C)O1.Cl. The van der Waals surface area contributed by atoms with Crippen molar-refractivity contribution >= 4 is 71.0 Å². The molecule has 36 heavy (non-hydrogen) atoms. The van der Waals surface area contributed by atoms with Gasteiger partial charge in [0.05, 0.1) is 27.3 Å². The van der Waals surface area contributed by atoms with Gasteiger partial charge in [-0.2, -0.15) is 4.31 Å². The van der Waals surface area contributed by atoms with Crippen molar-refractivity contribution in [3.05, 3.63) is 52.5 Å². The number of anilines is 1. The lowest BCUT2D eigenvalue weighted by Gasteiger charge is -2.34. The summed E-state index contributed by atoms with van der Waals surface area (Å²) in [6.07, 6.45) is -0.344. The molecule has 0 bridgehead atoms. The zero-order chi connectivity index (χ0) is 25.3. The van der Waals surface area contributed by atoms with Crippen molar-refractivity contribution in [3.63, 3.8) is 0 Å². The Hall–Kier alpha value is -1.60. The fourth-order valence-electron chi connectivity index (χ4n) is 3.99. The molecule has 12 heteroatoms. The number of aromatic nitrogens is 1. The van der Waals surface area contributed by atoms with Gasteiger partial charge in [-0.15, -0.1) is 12.4 Å². The Morgan fingerprint density at radius 2 is 1.75 bits per heavy atom. The maximum absolute atomic E-state index is 13.5. The number of rotatable bonds is 7. The molecule has 1 aromatic heterocycles. The van der Waals surface area contributed by atoms with Crippen molar-refractivity contribution < 1.29 is 17.9 Å². The van der Waals surface area contributed by atoms with Gasteiger partial charge in [0.25, 0.3) is 5.91 Å². The zero-order valence-corrected chi connectivity index (χ0v) is 24.6. The summed E-state index contributed by atoms with van der Waals surface area (Å²) >= 11 is 4.94. The number of morpholine rings is 1. The Bertz CT molecular complexity index is 1310. The molecule has 1 aliphatic heterocycles. The first kappa shape index (κ1) is 29.0. The highest BCUT2D eigenvalue weighted by Crippen LogP contribution is 2.32. The summed E-state index contributed by atoms with van der Waals surface area (Å²) in [5.41, 5.74) is 1.23. The number of likely N-dealkylation sites (N-methyl/N-ethyl adjacent to an activating group) is 1. The number of fused-ring (bicyclic) bond motifs is 1. The smallest absolute Gasteiger partial charge is 0.260 e. The van der Waals surface area contributed by atoms with Crippen LogP contribution in [0.2, 0.25) is 0 Å². The Labute approximate surface area is 230 Å². The van der Waals surface area contributed by atoms with Crippen molar-refractivity contribution in [1.29, 1.82) is 0 Å². The molecule has 4 rings (SSSR count). The second kappa shape index (κ2) is 11.8. The third-order valence-corrected chi connectivity index (χ3v) is 9.09. The predicted octanol–water partition coefficient (Wildman–Crippen LogP) is 4.49. The van der Waals surface area contributed by atoms with E-state index in [9.17, 15) is 13.2 Å². The first-order chi connectivity index (χ1) is 16.5. The molecule has 196 valence electrons. The molecule has 0 aliphatic carbocycles.